The highest BCUT2D eigenvalue weighted by atomic mass is 32.1. The van der Waals surface area contributed by atoms with E-state index in [2.05, 4.69) is 123 Å². The Morgan fingerprint density at radius 1 is 0.639 bits per heavy atom. The highest BCUT2D eigenvalue weighted by Gasteiger charge is 2.34. The summed E-state index contributed by atoms with van der Waals surface area (Å²) in [6.45, 7) is 4.71. The van der Waals surface area contributed by atoms with Gasteiger partial charge >= 0.3 is 0 Å². The molecule has 0 saturated carbocycles. The van der Waals surface area contributed by atoms with Gasteiger partial charge in [0.1, 0.15) is 7.85 Å². The van der Waals surface area contributed by atoms with E-state index < -0.39 is 0 Å². The Kier molecular flexibility index (Phi) is 3.91. The molecule has 0 amide bonds. The average molecular weight is 477 g/mol. The molecule has 0 radical (unpaired) electrons. The largest absolute Gasteiger partial charge is 0.309 e. The summed E-state index contributed by atoms with van der Waals surface area (Å²) in [6.07, 6.45) is 0. The first kappa shape index (κ1) is 20.4. The van der Waals surface area contributed by atoms with Crippen molar-refractivity contribution in [2.24, 2.45) is 0 Å². The van der Waals surface area contributed by atoms with Gasteiger partial charge in [-0.3, -0.25) is 0 Å². The fraction of sp³-hybridized carbons (Fsp3) is 0.0909. The normalized spacial score (nSPS) is 14.2. The highest BCUT2D eigenvalue weighted by molar-refractivity contribution is 7.25. The van der Waals surface area contributed by atoms with E-state index in [4.69, 9.17) is 0 Å². The molecule has 0 N–H and O–H groups in total. The lowest BCUT2D eigenvalue weighted by Gasteiger charge is -2.34. The maximum absolute atomic E-state index is 2.49. The van der Waals surface area contributed by atoms with Gasteiger partial charge in [0.15, 0.2) is 0 Å². The Morgan fingerprint density at radius 3 is 2.19 bits per heavy atom. The van der Waals surface area contributed by atoms with Gasteiger partial charge in [0, 0.05) is 31.0 Å². The van der Waals surface area contributed by atoms with Gasteiger partial charge in [0.2, 0.25) is 0 Å². The molecule has 0 unspecified atom stereocenters. The van der Waals surface area contributed by atoms with Crippen molar-refractivity contribution in [3.8, 4) is 16.8 Å². The molecule has 3 heteroatoms. The van der Waals surface area contributed by atoms with Crippen LogP contribution < -0.4 is 5.46 Å². The minimum absolute atomic E-state index is 0.0352. The molecule has 2 aromatic heterocycles. The van der Waals surface area contributed by atoms with Crippen LogP contribution in [0.25, 0.3) is 58.8 Å². The average Bonchev–Trinajstić information content (AvgIpc) is 3.42. The van der Waals surface area contributed by atoms with E-state index in [9.17, 15) is 0 Å². The summed E-state index contributed by atoms with van der Waals surface area (Å²) in [5.74, 6) is 0. The van der Waals surface area contributed by atoms with E-state index in [1.54, 1.807) is 0 Å². The van der Waals surface area contributed by atoms with E-state index >= 15 is 0 Å². The number of aromatic nitrogens is 1. The maximum Gasteiger partial charge on any atom is 0.139 e. The zero-order valence-corrected chi connectivity index (χ0v) is 21.4. The Balaban J connectivity index is 1.42. The second-order valence-corrected chi connectivity index (χ2v) is 11.8. The quantitative estimate of drug-likeness (QED) is 0.213. The number of rotatable bonds is 1. The SMILES string of the molecule is Bc1ccc2sc3ccc(-c4ccc5c(c4)c4cccc6c4n5-c4ccccc4C6(C)C)cc3c2c1. The van der Waals surface area contributed by atoms with Gasteiger partial charge in [0.25, 0.3) is 0 Å². The number of nitrogens with zero attached hydrogens (tertiary/aromatic N) is 1. The van der Waals surface area contributed by atoms with Crippen LogP contribution in [0.2, 0.25) is 0 Å². The van der Waals surface area contributed by atoms with Crippen molar-refractivity contribution >= 4 is 66.6 Å². The van der Waals surface area contributed by atoms with Crippen molar-refractivity contribution in [3.63, 3.8) is 0 Å². The molecule has 5 aromatic carbocycles. The van der Waals surface area contributed by atoms with E-state index in [1.807, 2.05) is 11.3 Å². The van der Waals surface area contributed by atoms with Crippen molar-refractivity contribution in [1.82, 2.24) is 4.57 Å². The lowest BCUT2D eigenvalue weighted by Crippen LogP contribution is -2.26. The van der Waals surface area contributed by atoms with E-state index in [0.29, 0.717) is 0 Å². The van der Waals surface area contributed by atoms with E-state index in [1.165, 1.54) is 75.4 Å². The Labute approximate surface area is 215 Å². The number of fused-ring (bicyclic) bond motifs is 8. The first-order chi connectivity index (χ1) is 17.5. The van der Waals surface area contributed by atoms with Crippen LogP contribution in [0.5, 0.6) is 0 Å². The predicted molar refractivity (Wildman–Crippen MR) is 159 cm³/mol. The van der Waals surface area contributed by atoms with Crippen LogP contribution in [0.1, 0.15) is 25.0 Å². The predicted octanol–water partition coefficient (Wildman–Crippen LogP) is 7.72. The summed E-state index contributed by atoms with van der Waals surface area (Å²) in [4.78, 5) is 0. The van der Waals surface area contributed by atoms with Crippen LogP contribution in [0.15, 0.2) is 97.1 Å². The lowest BCUT2D eigenvalue weighted by atomic mass is 9.75. The van der Waals surface area contributed by atoms with Crippen LogP contribution in [0.4, 0.5) is 0 Å². The molecule has 170 valence electrons. The number of thiophene rings is 1. The molecule has 0 atom stereocenters. The third-order valence-corrected chi connectivity index (χ3v) is 9.39. The Bertz CT molecular complexity index is 2040. The molecule has 0 aliphatic carbocycles. The molecule has 1 aliphatic heterocycles. The summed E-state index contributed by atoms with van der Waals surface area (Å²) < 4.78 is 5.20. The van der Waals surface area contributed by atoms with Gasteiger partial charge in [-0.05, 0) is 64.0 Å². The first-order valence-electron chi connectivity index (χ1n) is 12.6. The van der Waals surface area contributed by atoms with E-state index in [0.717, 1.165) is 0 Å². The molecule has 7 aromatic rings. The van der Waals surface area contributed by atoms with Crippen LogP contribution in [-0.2, 0) is 5.41 Å². The fourth-order valence-electron chi connectivity index (χ4n) is 6.42. The summed E-state index contributed by atoms with van der Waals surface area (Å²) in [5.41, 5.74) is 10.5. The molecule has 8 rings (SSSR count). The summed E-state index contributed by atoms with van der Waals surface area (Å²) in [6, 6.07) is 36.5. The molecule has 0 spiro atoms. The van der Waals surface area contributed by atoms with Crippen molar-refractivity contribution in [1.29, 1.82) is 0 Å². The van der Waals surface area contributed by atoms with Crippen LogP contribution >= 0.6 is 11.3 Å². The fourth-order valence-corrected chi connectivity index (χ4v) is 7.48. The van der Waals surface area contributed by atoms with Crippen molar-refractivity contribution < 1.29 is 0 Å². The minimum Gasteiger partial charge on any atom is -0.309 e. The van der Waals surface area contributed by atoms with Gasteiger partial charge in [-0.25, -0.2) is 0 Å². The molecule has 1 aliphatic rings. The third-order valence-electron chi connectivity index (χ3n) is 8.24. The van der Waals surface area contributed by atoms with Gasteiger partial charge < -0.3 is 4.57 Å². The second-order valence-electron chi connectivity index (χ2n) is 10.7. The number of hydrogen-bond acceptors (Lipinski definition) is 1. The van der Waals surface area contributed by atoms with Gasteiger partial charge in [-0.1, -0.05) is 80.0 Å². The topological polar surface area (TPSA) is 4.93 Å². The molecular formula is C33H24BNS. The third kappa shape index (κ3) is 2.56. The standard InChI is InChI=1S/C33H24BNS/c1-33(2)26-7-3-4-9-29(26)35-28-13-10-19(16-23(28)22-6-5-8-27(33)32(22)35)20-11-14-30-24(17-20)25-18-21(34)12-15-31(25)36-30/h3-18H,34H2,1-2H3. The van der Waals surface area contributed by atoms with Crippen molar-refractivity contribution in [2.45, 2.75) is 19.3 Å². The molecule has 0 fully saturated rings. The molecule has 0 bridgehead atoms. The van der Waals surface area contributed by atoms with Crippen LogP contribution in [0, 0.1) is 0 Å². The van der Waals surface area contributed by atoms with Gasteiger partial charge in [-0.15, -0.1) is 11.3 Å². The van der Waals surface area contributed by atoms with Gasteiger partial charge in [0.05, 0.1) is 16.7 Å². The molecule has 36 heavy (non-hydrogen) atoms. The highest BCUT2D eigenvalue weighted by Crippen LogP contribution is 2.47. The number of para-hydroxylation sites is 2. The van der Waals surface area contributed by atoms with Crippen LogP contribution in [0.3, 0.4) is 0 Å². The summed E-state index contributed by atoms with van der Waals surface area (Å²) in [5, 5.41) is 5.38. The number of hydrogen-bond donors (Lipinski definition) is 0. The summed E-state index contributed by atoms with van der Waals surface area (Å²) in [7, 11) is 2.18. The monoisotopic (exact) mass is 477 g/mol. The lowest BCUT2D eigenvalue weighted by molar-refractivity contribution is 0.630. The minimum atomic E-state index is -0.0352. The first-order valence-corrected chi connectivity index (χ1v) is 13.4. The molecule has 3 heterocycles. The molecule has 0 saturated heterocycles. The Hall–Kier alpha value is -3.82. The zero-order valence-electron chi connectivity index (χ0n) is 20.6. The van der Waals surface area contributed by atoms with Gasteiger partial charge in [-0.2, -0.15) is 0 Å². The smallest absolute Gasteiger partial charge is 0.139 e. The molecule has 1 nitrogen and oxygen atoms in total. The zero-order chi connectivity index (χ0) is 24.2. The van der Waals surface area contributed by atoms with Crippen molar-refractivity contribution in [2.75, 3.05) is 0 Å². The van der Waals surface area contributed by atoms with Crippen molar-refractivity contribution in [3.05, 3.63) is 108 Å². The Morgan fingerprint density at radius 2 is 1.33 bits per heavy atom. The second kappa shape index (κ2) is 6.90. The van der Waals surface area contributed by atoms with E-state index in [-0.39, 0.29) is 5.41 Å². The summed E-state index contributed by atoms with van der Waals surface area (Å²) >= 11 is 1.88. The number of benzene rings is 5. The van der Waals surface area contributed by atoms with Crippen LogP contribution in [-0.4, -0.2) is 12.4 Å². The molecular weight excluding hydrogens is 453 g/mol. The maximum atomic E-state index is 2.49.